The molecule has 1 saturated carbocycles. The number of alkyl carbamates (subject to hydrolysis) is 1. The van der Waals surface area contributed by atoms with E-state index in [0.717, 1.165) is 43.9 Å². The zero-order valence-electron chi connectivity index (χ0n) is 13.9. The van der Waals surface area contributed by atoms with Crippen molar-refractivity contribution < 1.29 is 14.3 Å². The van der Waals surface area contributed by atoms with Gasteiger partial charge < -0.3 is 15.0 Å². The molecule has 2 rings (SSSR count). The van der Waals surface area contributed by atoms with Crippen LogP contribution in [0.4, 0.5) is 4.79 Å². The highest BCUT2D eigenvalue weighted by atomic mass is 32.2. The maximum Gasteiger partial charge on any atom is 0.408 e. The fourth-order valence-corrected chi connectivity index (χ4v) is 4.02. The van der Waals surface area contributed by atoms with E-state index in [1.165, 1.54) is 6.42 Å². The van der Waals surface area contributed by atoms with Crippen LogP contribution in [0.25, 0.3) is 0 Å². The second-order valence-corrected chi connectivity index (χ2v) is 8.24. The average Bonchev–Trinajstić information content (AvgIpc) is 2.97. The highest BCUT2D eigenvalue weighted by molar-refractivity contribution is 7.99. The second-order valence-electron chi connectivity index (χ2n) is 7.16. The topological polar surface area (TPSA) is 58.6 Å². The SMILES string of the molecule is CC(C)(C)OC(=O)N[C@H](C(=O)N1CCSC1)C1CCCCC1. The fraction of sp³-hybridized carbons (Fsp3) is 0.875. The Morgan fingerprint density at radius 3 is 2.45 bits per heavy atom. The Labute approximate surface area is 137 Å². The minimum Gasteiger partial charge on any atom is -0.444 e. The van der Waals surface area contributed by atoms with Gasteiger partial charge in [-0.2, -0.15) is 0 Å². The van der Waals surface area contributed by atoms with Gasteiger partial charge in [-0.25, -0.2) is 4.79 Å². The van der Waals surface area contributed by atoms with Gasteiger partial charge in [0.25, 0.3) is 0 Å². The fourth-order valence-electron chi connectivity index (χ4n) is 3.07. The lowest BCUT2D eigenvalue weighted by molar-refractivity contribution is -0.133. The Hall–Kier alpha value is -0.910. The maximum absolute atomic E-state index is 12.8. The lowest BCUT2D eigenvalue weighted by Gasteiger charge is -2.33. The van der Waals surface area contributed by atoms with E-state index < -0.39 is 17.7 Å². The van der Waals surface area contributed by atoms with E-state index >= 15 is 0 Å². The number of carbonyl (C=O) groups is 2. The van der Waals surface area contributed by atoms with Crippen LogP contribution in [0.5, 0.6) is 0 Å². The Morgan fingerprint density at radius 1 is 1.23 bits per heavy atom. The van der Waals surface area contributed by atoms with Gasteiger partial charge in [-0.3, -0.25) is 4.79 Å². The summed E-state index contributed by atoms with van der Waals surface area (Å²) in [7, 11) is 0. The molecule has 2 amide bonds. The van der Waals surface area contributed by atoms with Gasteiger partial charge in [-0.05, 0) is 39.5 Å². The van der Waals surface area contributed by atoms with Crippen LogP contribution in [0, 0.1) is 5.92 Å². The highest BCUT2D eigenvalue weighted by Crippen LogP contribution is 2.28. The number of amides is 2. The van der Waals surface area contributed by atoms with E-state index in [9.17, 15) is 9.59 Å². The summed E-state index contributed by atoms with van der Waals surface area (Å²) < 4.78 is 5.35. The summed E-state index contributed by atoms with van der Waals surface area (Å²) in [6, 6.07) is -0.436. The summed E-state index contributed by atoms with van der Waals surface area (Å²) in [5, 5.41) is 2.86. The zero-order valence-corrected chi connectivity index (χ0v) is 14.7. The van der Waals surface area contributed by atoms with Crippen LogP contribution in [-0.4, -0.2) is 46.7 Å². The number of nitrogens with one attached hydrogen (secondary N) is 1. The average molecular weight is 328 g/mol. The van der Waals surface area contributed by atoms with Crippen LogP contribution in [0.15, 0.2) is 0 Å². The number of ether oxygens (including phenoxy) is 1. The van der Waals surface area contributed by atoms with Crippen molar-refractivity contribution in [2.45, 2.75) is 64.5 Å². The summed E-state index contributed by atoms with van der Waals surface area (Å²) in [6.45, 7) is 6.28. The molecule has 0 aromatic heterocycles. The normalized spacial score (nSPS) is 21.5. The standard InChI is InChI=1S/C16H28N2O3S/c1-16(2,3)21-15(20)17-13(12-7-5-4-6-8-12)14(19)18-9-10-22-11-18/h12-13H,4-11H2,1-3H3,(H,17,20)/t13-/m0/s1. The third kappa shape index (κ3) is 5.07. The summed E-state index contributed by atoms with van der Waals surface area (Å²) in [5.41, 5.74) is -0.548. The molecular weight excluding hydrogens is 300 g/mol. The van der Waals surface area contributed by atoms with Crippen molar-refractivity contribution >= 4 is 23.8 Å². The van der Waals surface area contributed by atoms with Crippen molar-refractivity contribution in [3.63, 3.8) is 0 Å². The van der Waals surface area contributed by atoms with Crippen LogP contribution in [-0.2, 0) is 9.53 Å². The Morgan fingerprint density at radius 2 is 1.91 bits per heavy atom. The van der Waals surface area contributed by atoms with Crippen molar-refractivity contribution in [2.75, 3.05) is 18.2 Å². The van der Waals surface area contributed by atoms with Crippen molar-refractivity contribution in [3.8, 4) is 0 Å². The van der Waals surface area contributed by atoms with E-state index in [1.807, 2.05) is 25.7 Å². The van der Waals surface area contributed by atoms with Crippen molar-refractivity contribution in [1.82, 2.24) is 10.2 Å². The molecule has 0 radical (unpaired) electrons. The van der Waals surface area contributed by atoms with E-state index in [4.69, 9.17) is 4.74 Å². The quantitative estimate of drug-likeness (QED) is 0.865. The minimum absolute atomic E-state index is 0.0581. The molecule has 2 aliphatic rings. The van der Waals surface area contributed by atoms with Crippen LogP contribution in [0.3, 0.4) is 0 Å². The molecule has 1 atom stereocenters. The molecule has 1 aliphatic heterocycles. The van der Waals surface area contributed by atoms with Crippen LogP contribution < -0.4 is 5.32 Å². The van der Waals surface area contributed by atoms with Crippen LogP contribution in [0.2, 0.25) is 0 Å². The summed E-state index contributed by atoms with van der Waals surface area (Å²) in [5.74, 6) is 2.01. The summed E-state index contributed by atoms with van der Waals surface area (Å²) in [4.78, 5) is 26.8. The molecule has 1 heterocycles. The van der Waals surface area contributed by atoms with Gasteiger partial charge in [0.05, 0.1) is 5.88 Å². The van der Waals surface area contributed by atoms with Crippen molar-refractivity contribution in [2.24, 2.45) is 5.92 Å². The Balaban J connectivity index is 2.03. The number of rotatable bonds is 3. The zero-order chi connectivity index (χ0) is 16.2. The predicted octanol–water partition coefficient (Wildman–Crippen LogP) is 2.99. The predicted molar refractivity (Wildman–Crippen MR) is 88.8 cm³/mol. The summed E-state index contributed by atoms with van der Waals surface area (Å²) >= 11 is 1.76. The molecule has 2 fully saturated rings. The largest absolute Gasteiger partial charge is 0.444 e. The highest BCUT2D eigenvalue weighted by Gasteiger charge is 2.35. The molecule has 0 aromatic rings. The van der Waals surface area contributed by atoms with E-state index in [-0.39, 0.29) is 11.8 Å². The lowest BCUT2D eigenvalue weighted by atomic mass is 9.83. The minimum atomic E-state index is -0.548. The maximum atomic E-state index is 12.8. The van der Waals surface area contributed by atoms with Gasteiger partial charge in [0.1, 0.15) is 11.6 Å². The van der Waals surface area contributed by atoms with Gasteiger partial charge in [-0.15, -0.1) is 11.8 Å². The van der Waals surface area contributed by atoms with Gasteiger partial charge in [0.2, 0.25) is 5.91 Å². The molecule has 0 bridgehead atoms. The van der Waals surface area contributed by atoms with Crippen molar-refractivity contribution in [1.29, 1.82) is 0 Å². The first-order chi connectivity index (χ1) is 10.4. The smallest absolute Gasteiger partial charge is 0.408 e. The van der Waals surface area contributed by atoms with E-state index in [2.05, 4.69) is 5.32 Å². The number of carbonyl (C=O) groups excluding carboxylic acids is 2. The molecule has 0 aromatic carbocycles. The first kappa shape index (κ1) is 17.4. The third-order valence-electron chi connectivity index (χ3n) is 4.12. The van der Waals surface area contributed by atoms with Gasteiger partial charge in [0.15, 0.2) is 0 Å². The lowest BCUT2D eigenvalue weighted by Crippen LogP contribution is -2.53. The number of hydrogen-bond donors (Lipinski definition) is 1. The molecule has 0 spiro atoms. The monoisotopic (exact) mass is 328 g/mol. The third-order valence-corrected chi connectivity index (χ3v) is 5.09. The van der Waals surface area contributed by atoms with Gasteiger partial charge in [0, 0.05) is 12.3 Å². The Kier molecular flexibility index (Phi) is 6.01. The van der Waals surface area contributed by atoms with E-state index in [1.54, 1.807) is 11.8 Å². The molecule has 1 aliphatic carbocycles. The van der Waals surface area contributed by atoms with E-state index in [0.29, 0.717) is 0 Å². The molecule has 0 unspecified atom stereocenters. The second kappa shape index (κ2) is 7.57. The van der Waals surface area contributed by atoms with Gasteiger partial charge in [-0.1, -0.05) is 19.3 Å². The number of hydrogen-bond acceptors (Lipinski definition) is 4. The first-order valence-corrected chi connectivity index (χ1v) is 9.38. The molecule has 126 valence electrons. The first-order valence-electron chi connectivity index (χ1n) is 8.23. The molecular formula is C16H28N2O3S. The summed E-state index contributed by atoms with van der Waals surface area (Å²) in [6.07, 6.45) is 5.03. The molecule has 1 N–H and O–H groups in total. The van der Waals surface area contributed by atoms with Gasteiger partial charge >= 0.3 is 6.09 Å². The molecule has 6 heteroatoms. The number of nitrogens with zero attached hydrogens (tertiary/aromatic N) is 1. The number of thioether (sulfide) groups is 1. The van der Waals surface area contributed by atoms with Crippen molar-refractivity contribution in [3.05, 3.63) is 0 Å². The molecule has 22 heavy (non-hydrogen) atoms. The van der Waals surface area contributed by atoms with Crippen LogP contribution in [0.1, 0.15) is 52.9 Å². The molecule has 5 nitrogen and oxygen atoms in total. The molecule has 1 saturated heterocycles. The Bertz CT molecular complexity index is 397. The van der Waals surface area contributed by atoms with Crippen LogP contribution >= 0.6 is 11.8 Å².